The lowest BCUT2D eigenvalue weighted by Crippen LogP contribution is -2.69. The van der Waals surface area contributed by atoms with Gasteiger partial charge in [0.2, 0.25) is 0 Å². The van der Waals surface area contributed by atoms with Crippen molar-refractivity contribution in [3.8, 4) is 0 Å². The van der Waals surface area contributed by atoms with Crippen molar-refractivity contribution < 1.29 is 22.6 Å². The van der Waals surface area contributed by atoms with Gasteiger partial charge in [0.15, 0.2) is 5.78 Å². The number of carbonyl (C=O) groups excluding carboxylic acids is 1. The zero-order valence-corrected chi connectivity index (χ0v) is 11.5. The topological polar surface area (TPSA) is 29.1 Å². The molecule has 0 saturated carbocycles. The summed E-state index contributed by atoms with van der Waals surface area (Å²) in [7, 11) is 0. The van der Waals surface area contributed by atoms with Gasteiger partial charge in [-0.25, -0.2) is 0 Å². The zero-order valence-electron chi connectivity index (χ0n) is 19.6. The Balaban J connectivity index is 0.00000676. The molecule has 0 spiro atoms. The van der Waals surface area contributed by atoms with E-state index in [1.54, 1.807) is 5.32 Å². The summed E-state index contributed by atoms with van der Waals surface area (Å²) in [5.74, 6) is -1.55. The second kappa shape index (κ2) is 4.52. The summed E-state index contributed by atoms with van der Waals surface area (Å²) in [4.78, 5) is 7.56. The van der Waals surface area contributed by atoms with Crippen LogP contribution in [0.3, 0.4) is 0 Å². The molecule has 0 amide bonds. The highest BCUT2D eigenvalue weighted by molar-refractivity contribution is 9.10. The molecule has 1 aliphatic rings. The van der Waals surface area contributed by atoms with Crippen molar-refractivity contribution in [2.45, 2.75) is 48.1 Å². The van der Waals surface area contributed by atoms with Crippen molar-refractivity contribution in [2.24, 2.45) is 0 Å². The lowest BCUT2D eigenvalue weighted by atomic mass is 9.82. The number of hydrogen-bond donors (Lipinski definition) is 1. The molecule has 0 radical (unpaired) electrons. The highest BCUT2D eigenvalue weighted by atomic mass is 79.9. The van der Waals surface area contributed by atoms with Gasteiger partial charge in [0.25, 0.3) is 0 Å². The van der Waals surface area contributed by atoms with Crippen LogP contribution in [0.25, 0.3) is 0 Å². The van der Waals surface area contributed by atoms with Crippen molar-refractivity contribution in [2.75, 3.05) is 0 Å². The predicted octanol–water partition coefficient (Wildman–Crippen LogP) is 2.82. The number of rotatable bonds is 0. The van der Waals surface area contributed by atoms with Crippen LogP contribution in [0.5, 0.6) is 0 Å². The van der Waals surface area contributed by atoms with Crippen LogP contribution in [0.4, 0.5) is 0 Å². The van der Waals surface area contributed by atoms with Gasteiger partial charge >= 0.3 is 0 Å². The molecule has 1 N–H and O–H groups in total. The van der Waals surface area contributed by atoms with Crippen LogP contribution in [0.15, 0.2) is 0 Å². The third-order valence-corrected chi connectivity index (χ3v) is 3.63. The first-order valence-electron chi connectivity index (χ1n) is 9.69. The van der Waals surface area contributed by atoms with Crippen LogP contribution in [0.2, 0.25) is 0 Å². The Morgan fingerprint density at radius 2 is 1.86 bits per heavy atom. The maximum absolute atomic E-state index is 12.7. The summed E-state index contributed by atoms with van der Waals surface area (Å²) in [5, 5.41) is 1.76. The Hall–Kier alpha value is 1.07. The van der Waals surface area contributed by atoms with E-state index in [0.717, 1.165) is 0 Å². The number of nitrogens with one attached hydrogen (secondary N) is 1. The van der Waals surface area contributed by atoms with Gasteiger partial charge in [-0.05, 0) is 27.4 Å². The lowest BCUT2D eigenvalue weighted by Gasteiger charge is -2.47. The van der Waals surface area contributed by atoms with Gasteiger partial charge in [-0.2, -0.15) is 0 Å². The van der Waals surface area contributed by atoms with E-state index < -0.39 is 53.9 Å². The number of piperidine rings is 1. The fraction of sp³-hybridized carbons (Fsp3) is 0.889. The molecule has 5 heteroatoms. The molecule has 1 fully saturated rings. The largest absolute Gasteiger partial charge is 0.304 e. The highest BCUT2D eigenvalue weighted by Gasteiger charge is 2.49. The molecular formula is C9H16Br3NO. The van der Waals surface area contributed by atoms with Crippen molar-refractivity contribution in [3.05, 3.63) is 0 Å². The smallest absolute Gasteiger partial charge is 0.163 e. The molecule has 1 heterocycles. The Morgan fingerprint density at radius 1 is 1.36 bits per heavy atom. The highest BCUT2D eigenvalue weighted by Crippen LogP contribution is 2.34. The minimum absolute atomic E-state index is 0. The number of Topliss-reactive ketones (excluding diaryl/α,β-unsaturated/α-hetero) is 1. The second-order valence-corrected chi connectivity index (χ2v) is 4.43. The maximum atomic E-state index is 12.7. The number of hydrogen-bond acceptors (Lipinski definition) is 2. The Morgan fingerprint density at radius 3 is 2.29 bits per heavy atom. The van der Waals surface area contributed by atoms with E-state index in [1.165, 1.54) is 0 Å². The molecule has 1 saturated heterocycles. The van der Waals surface area contributed by atoms with Gasteiger partial charge in [-0.15, -0.1) is 17.0 Å². The Labute approximate surface area is 131 Å². The minimum Gasteiger partial charge on any atom is -0.304 e. The summed E-state index contributed by atoms with van der Waals surface area (Å²) in [6.07, 6.45) is 0. The van der Waals surface area contributed by atoms with Crippen LogP contribution in [0, 0.1) is 0 Å². The number of halogens is 3. The molecule has 2 nitrogen and oxygen atoms in total. The first-order chi connectivity index (χ1) is 11.0. The average Bonchev–Trinajstić information content (AvgIpc) is 2.29. The first kappa shape index (κ1) is 4.07. The molecule has 0 aromatic rings. The molecule has 1 rings (SSSR count). The molecule has 14 heavy (non-hydrogen) atoms. The van der Waals surface area contributed by atoms with Gasteiger partial charge in [-0.1, -0.05) is 31.9 Å². The second-order valence-electron chi connectivity index (χ2n) is 2.72. The number of alkyl halides is 2. The Bertz CT molecular complexity index is 562. The van der Waals surface area contributed by atoms with Crippen molar-refractivity contribution in [3.63, 3.8) is 0 Å². The molecular weight excluding hydrogens is 378 g/mol. The van der Waals surface area contributed by atoms with E-state index >= 15 is 0 Å². The molecule has 0 aromatic carbocycles. The molecule has 0 aromatic heterocycles. The molecule has 1 aliphatic heterocycles. The first-order valence-corrected chi connectivity index (χ1v) is 4.90. The van der Waals surface area contributed by atoms with Gasteiger partial charge in [0.1, 0.15) is 0 Å². The van der Waals surface area contributed by atoms with Crippen LogP contribution < -0.4 is 5.32 Å². The fourth-order valence-electron chi connectivity index (χ4n) is 0.907. The molecule has 0 bridgehead atoms. The summed E-state index contributed by atoms with van der Waals surface area (Å²) in [6.45, 7) is -14.4. The van der Waals surface area contributed by atoms with E-state index in [9.17, 15) is 4.79 Å². The SMILES string of the molecule is Br.[2H]C([2H])([2H])C1(C([2H])([2H])[2H])NC(C([2H])([2H])[2H])(C([2H])([2H])[2H])C([2H])(Br)C(=O)C1Br. The maximum Gasteiger partial charge on any atom is 0.163 e. The molecule has 2 unspecified atom stereocenters. The average molecular weight is 407 g/mol. The fourth-order valence-corrected chi connectivity index (χ4v) is 1.89. The summed E-state index contributed by atoms with van der Waals surface area (Å²) in [6, 6.07) is 0. The van der Waals surface area contributed by atoms with E-state index in [2.05, 4.69) is 31.9 Å². The van der Waals surface area contributed by atoms with Crippen LogP contribution in [0.1, 0.15) is 45.2 Å². The van der Waals surface area contributed by atoms with E-state index in [-0.39, 0.29) is 17.0 Å². The van der Waals surface area contributed by atoms with E-state index in [4.69, 9.17) is 17.8 Å². The van der Waals surface area contributed by atoms with Crippen molar-refractivity contribution in [1.29, 1.82) is 0 Å². The standard InChI is InChI=1S/C9H15Br2NO.BrH/c1-8(2)6(10)5(13)7(11)9(3,4)12-8;/h6-7,12H,1-4H3;1H/i1D3,2D3,3D3,4D3,6D;. The summed E-state index contributed by atoms with van der Waals surface area (Å²) in [5.41, 5.74) is -6.78. The number of carbonyl (C=O) groups is 1. The van der Waals surface area contributed by atoms with Gasteiger partial charge in [0, 0.05) is 27.5 Å². The summed E-state index contributed by atoms with van der Waals surface area (Å²) >= 11 is 5.18. The third-order valence-electron chi connectivity index (χ3n) is 1.54. The van der Waals surface area contributed by atoms with Gasteiger partial charge in [-0.3, -0.25) is 4.79 Å². The van der Waals surface area contributed by atoms with E-state index in [1.807, 2.05) is 0 Å². The quantitative estimate of drug-likeness (QED) is 0.627. The monoisotopic (exact) mass is 404 g/mol. The molecule has 84 valence electrons. The predicted molar refractivity (Wildman–Crippen MR) is 72.1 cm³/mol. The molecule has 2 atom stereocenters. The van der Waals surface area contributed by atoms with Crippen LogP contribution in [-0.2, 0) is 4.79 Å². The normalized spacial score (nSPS) is 57.4. The van der Waals surface area contributed by atoms with Gasteiger partial charge < -0.3 is 5.32 Å². The third kappa shape index (κ3) is 2.60. The van der Waals surface area contributed by atoms with Crippen molar-refractivity contribution >= 4 is 54.6 Å². The van der Waals surface area contributed by atoms with Gasteiger partial charge in [0.05, 0.1) is 11.0 Å². The van der Waals surface area contributed by atoms with Crippen molar-refractivity contribution in [1.82, 2.24) is 5.32 Å². The van der Waals surface area contributed by atoms with E-state index in [0.29, 0.717) is 0 Å². The minimum atomic E-state index is -3.66. The van der Waals surface area contributed by atoms with Crippen LogP contribution in [-0.4, -0.2) is 26.5 Å². The lowest BCUT2D eigenvalue weighted by molar-refractivity contribution is -0.122. The Kier molecular flexibility index (Phi) is 1.31. The molecule has 0 aliphatic carbocycles. The zero-order chi connectivity index (χ0) is 21.4. The van der Waals surface area contributed by atoms with Crippen LogP contribution >= 0.6 is 48.8 Å². The summed E-state index contributed by atoms with van der Waals surface area (Å²) < 4.78 is 100.0. The number of ketones is 1.